The molecule has 8 heteroatoms. The van der Waals surface area contributed by atoms with E-state index in [9.17, 15) is 9.59 Å². The van der Waals surface area contributed by atoms with Crippen molar-refractivity contribution in [3.05, 3.63) is 84.4 Å². The van der Waals surface area contributed by atoms with E-state index in [2.05, 4.69) is 10.3 Å². The van der Waals surface area contributed by atoms with Crippen LogP contribution in [0.15, 0.2) is 83.3 Å². The molecule has 0 saturated carbocycles. The first-order valence-corrected chi connectivity index (χ1v) is 11.9. The number of esters is 1. The van der Waals surface area contributed by atoms with E-state index in [1.807, 2.05) is 48.5 Å². The summed E-state index contributed by atoms with van der Waals surface area (Å²) in [6.45, 7) is 1.92. The van der Waals surface area contributed by atoms with Gasteiger partial charge in [-0.3, -0.25) is 4.79 Å². The lowest BCUT2D eigenvalue weighted by atomic mass is 9.99. The van der Waals surface area contributed by atoms with Crippen LogP contribution in [0.3, 0.4) is 0 Å². The van der Waals surface area contributed by atoms with Gasteiger partial charge in [0.05, 0.1) is 5.56 Å². The summed E-state index contributed by atoms with van der Waals surface area (Å²) in [5.41, 5.74) is 2.89. The number of aromatic nitrogens is 1. The van der Waals surface area contributed by atoms with Crippen molar-refractivity contribution < 1.29 is 28.2 Å². The molecule has 6 rings (SSSR count). The smallest absolute Gasteiger partial charge is 0.339 e. The van der Waals surface area contributed by atoms with E-state index >= 15 is 0 Å². The molecule has 0 aliphatic carbocycles. The molecule has 0 fully saturated rings. The number of amides is 1. The van der Waals surface area contributed by atoms with Gasteiger partial charge < -0.3 is 23.9 Å². The number of fused-ring (bicyclic) bond motifs is 3. The zero-order valence-electron chi connectivity index (χ0n) is 19.9. The molecule has 1 aliphatic heterocycles. The van der Waals surface area contributed by atoms with E-state index in [0.29, 0.717) is 51.6 Å². The van der Waals surface area contributed by atoms with E-state index in [1.54, 1.807) is 37.3 Å². The van der Waals surface area contributed by atoms with E-state index in [-0.39, 0.29) is 6.79 Å². The van der Waals surface area contributed by atoms with Gasteiger partial charge in [-0.15, -0.1) is 0 Å². The SMILES string of the molecule is CCC(OC(=O)c1cccc2cccc(-c3nc4ccccc4o3)c12)C(=O)Nc1ccc2c(c1)OCO2. The van der Waals surface area contributed by atoms with Crippen molar-refractivity contribution >= 4 is 39.4 Å². The molecule has 1 aliphatic rings. The maximum absolute atomic E-state index is 13.4. The van der Waals surface area contributed by atoms with Crippen molar-refractivity contribution in [2.75, 3.05) is 12.1 Å². The van der Waals surface area contributed by atoms with Gasteiger partial charge in [0.1, 0.15) is 5.52 Å². The number of rotatable bonds is 6. The number of nitrogens with one attached hydrogen (secondary N) is 1. The van der Waals surface area contributed by atoms with Crippen LogP contribution in [0.25, 0.3) is 33.3 Å². The number of anilines is 1. The molecule has 2 heterocycles. The summed E-state index contributed by atoms with van der Waals surface area (Å²) >= 11 is 0. The standard InChI is InChI=1S/C29H22N2O6/c1-2-22(27(32)30-18-13-14-24-25(15-18)35-16-34-24)37-29(33)20-10-6-8-17-7-5-9-19(26(17)20)28-31-21-11-3-4-12-23(21)36-28/h3-15,22H,2,16H2,1H3,(H,30,32). The van der Waals surface area contributed by atoms with Crippen LogP contribution in [0.1, 0.15) is 23.7 Å². The molecule has 184 valence electrons. The number of nitrogens with zero attached hydrogens (tertiary/aromatic N) is 1. The van der Waals surface area contributed by atoms with Gasteiger partial charge in [0.25, 0.3) is 5.91 Å². The van der Waals surface area contributed by atoms with Crippen LogP contribution in [-0.2, 0) is 9.53 Å². The molecule has 37 heavy (non-hydrogen) atoms. The predicted octanol–water partition coefficient (Wildman–Crippen LogP) is 5.95. The van der Waals surface area contributed by atoms with Crippen LogP contribution in [0.4, 0.5) is 5.69 Å². The molecular formula is C29H22N2O6. The molecule has 0 radical (unpaired) electrons. The van der Waals surface area contributed by atoms with Gasteiger partial charge in [-0.05, 0) is 48.2 Å². The third-order valence-corrected chi connectivity index (χ3v) is 6.20. The highest BCUT2D eigenvalue weighted by Gasteiger charge is 2.25. The van der Waals surface area contributed by atoms with Crippen LogP contribution >= 0.6 is 0 Å². The van der Waals surface area contributed by atoms with Gasteiger partial charge >= 0.3 is 5.97 Å². The molecular weight excluding hydrogens is 472 g/mol. The fraction of sp³-hybridized carbons (Fsp3) is 0.138. The van der Waals surface area contributed by atoms with Crippen molar-refractivity contribution in [3.8, 4) is 23.0 Å². The van der Waals surface area contributed by atoms with Gasteiger partial charge in [0, 0.05) is 22.7 Å². The molecule has 1 amide bonds. The Balaban J connectivity index is 1.29. The van der Waals surface area contributed by atoms with Crippen LogP contribution in [-0.4, -0.2) is 29.8 Å². The van der Waals surface area contributed by atoms with Crippen molar-refractivity contribution in [1.29, 1.82) is 0 Å². The summed E-state index contributed by atoms with van der Waals surface area (Å²) < 4.78 is 22.4. The fourth-order valence-corrected chi connectivity index (χ4v) is 4.39. The minimum Gasteiger partial charge on any atom is -0.454 e. The Labute approximate surface area is 211 Å². The first-order chi connectivity index (χ1) is 18.1. The topological polar surface area (TPSA) is 99.9 Å². The highest BCUT2D eigenvalue weighted by atomic mass is 16.7. The number of para-hydroxylation sites is 2. The second kappa shape index (κ2) is 9.31. The first kappa shape index (κ1) is 22.6. The molecule has 5 aromatic rings. The minimum absolute atomic E-state index is 0.137. The summed E-state index contributed by atoms with van der Waals surface area (Å²) in [5, 5.41) is 4.26. The average Bonchev–Trinajstić information content (AvgIpc) is 3.57. The van der Waals surface area contributed by atoms with Gasteiger partial charge in [-0.1, -0.05) is 43.3 Å². The molecule has 1 unspecified atom stereocenters. The summed E-state index contributed by atoms with van der Waals surface area (Å²) in [4.78, 5) is 31.0. The maximum atomic E-state index is 13.4. The van der Waals surface area contributed by atoms with Crippen LogP contribution < -0.4 is 14.8 Å². The van der Waals surface area contributed by atoms with Crippen molar-refractivity contribution in [3.63, 3.8) is 0 Å². The lowest BCUT2D eigenvalue weighted by Gasteiger charge is -2.17. The molecule has 4 aromatic carbocycles. The summed E-state index contributed by atoms with van der Waals surface area (Å²) in [7, 11) is 0. The number of oxazole rings is 1. The normalized spacial score (nSPS) is 13.0. The lowest BCUT2D eigenvalue weighted by Crippen LogP contribution is -2.32. The Bertz CT molecular complexity index is 1620. The molecule has 1 atom stereocenters. The van der Waals surface area contributed by atoms with E-state index in [0.717, 1.165) is 10.9 Å². The minimum atomic E-state index is -0.996. The summed E-state index contributed by atoms with van der Waals surface area (Å²) in [6, 6.07) is 23.6. The van der Waals surface area contributed by atoms with E-state index in [4.69, 9.17) is 18.6 Å². The molecule has 0 saturated heterocycles. The lowest BCUT2D eigenvalue weighted by molar-refractivity contribution is -0.124. The molecule has 1 N–H and O–H groups in total. The molecule has 1 aromatic heterocycles. The highest BCUT2D eigenvalue weighted by molar-refractivity contribution is 6.10. The Morgan fingerprint density at radius 1 is 0.973 bits per heavy atom. The van der Waals surface area contributed by atoms with E-state index in [1.165, 1.54) is 0 Å². The van der Waals surface area contributed by atoms with Gasteiger partial charge in [0.2, 0.25) is 12.7 Å². The number of ether oxygens (including phenoxy) is 3. The van der Waals surface area contributed by atoms with Crippen molar-refractivity contribution in [2.24, 2.45) is 0 Å². The van der Waals surface area contributed by atoms with Crippen LogP contribution in [0, 0.1) is 0 Å². The van der Waals surface area contributed by atoms with E-state index < -0.39 is 18.0 Å². The zero-order valence-corrected chi connectivity index (χ0v) is 19.9. The molecule has 0 bridgehead atoms. The monoisotopic (exact) mass is 494 g/mol. The summed E-state index contributed by atoms with van der Waals surface area (Å²) in [6.07, 6.45) is -0.699. The van der Waals surface area contributed by atoms with Crippen molar-refractivity contribution in [1.82, 2.24) is 4.98 Å². The second-order valence-electron chi connectivity index (χ2n) is 8.56. The maximum Gasteiger partial charge on any atom is 0.339 e. The highest BCUT2D eigenvalue weighted by Crippen LogP contribution is 2.35. The van der Waals surface area contributed by atoms with Gasteiger partial charge in [-0.25, -0.2) is 9.78 Å². The third-order valence-electron chi connectivity index (χ3n) is 6.20. The molecule has 8 nitrogen and oxygen atoms in total. The second-order valence-corrected chi connectivity index (χ2v) is 8.56. The fourth-order valence-electron chi connectivity index (χ4n) is 4.39. The predicted molar refractivity (Wildman–Crippen MR) is 138 cm³/mol. The Morgan fingerprint density at radius 2 is 1.78 bits per heavy atom. The average molecular weight is 495 g/mol. The number of benzene rings is 4. The van der Waals surface area contributed by atoms with Gasteiger partial charge in [0.15, 0.2) is 23.2 Å². The zero-order chi connectivity index (χ0) is 25.4. The number of hydrogen-bond donors (Lipinski definition) is 1. The number of carbonyl (C=O) groups is 2. The van der Waals surface area contributed by atoms with Crippen LogP contribution in [0.2, 0.25) is 0 Å². The van der Waals surface area contributed by atoms with Crippen molar-refractivity contribution in [2.45, 2.75) is 19.4 Å². The third kappa shape index (κ3) is 4.23. The Hall–Kier alpha value is -4.85. The van der Waals surface area contributed by atoms with Gasteiger partial charge in [-0.2, -0.15) is 0 Å². The number of carbonyl (C=O) groups excluding carboxylic acids is 2. The quantitative estimate of drug-likeness (QED) is 0.291. The summed E-state index contributed by atoms with van der Waals surface area (Å²) in [5.74, 6) is 0.517. The molecule has 0 spiro atoms. The first-order valence-electron chi connectivity index (χ1n) is 11.9. The Morgan fingerprint density at radius 3 is 2.62 bits per heavy atom. The Kier molecular flexibility index (Phi) is 5.69. The number of hydrogen-bond acceptors (Lipinski definition) is 7. The van der Waals surface area contributed by atoms with Crippen LogP contribution in [0.5, 0.6) is 11.5 Å². The largest absolute Gasteiger partial charge is 0.454 e.